The Bertz CT molecular complexity index is 1680. The standard InChI is InChI=1S/C31H30N6O3/c1-19-7-2-3-10-23(19)26-15-22-16-32-31(34-35-17-20-8-6-9-21(20)18-35)33-27(22)36(30(26)40)13-14-37-28(38)24-11-4-5-12-25(24)29(37)39/h2-5,7,10-12,15-16,20-21H,6,8-9,13-14,17-18H2,1H3,(H,32,33,34). The van der Waals surface area contributed by atoms with Crippen LogP contribution in [0.15, 0.2) is 65.6 Å². The lowest BCUT2D eigenvalue weighted by Crippen LogP contribution is -2.35. The number of carbonyl (C=O) groups excluding carboxylic acids is 2. The molecule has 4 aromatic rings. The van der Waals surface area contributed by atoms with Crippen molar-refractivity contribution in [2.75, 3.05) is 25.1 Å². The molecule has 3 aliphatic rings. The largest absolute Gasteiger partial charge is 0.290 e. The molecule has 1 aliphatic carbocycles. The first kappa shape index (κ1) is 24.7. The summed E-state index contributed by atoms with van der Waals surface area (Å²) >= 11 is 0. The van der Waals surface area contributed by atoms with Gasteiger partial charge in [0, 0.05) is 43.3 Å². The van der Waals surface area contributed by atoms with Crippen LogP contribution in [0.2, 0.25) is 0 Å². The molecular formula is C31H30N6O3. The van der Waals surface area contributed by atoms with Gasteiger partial charge < -0.3 is 0 Å². The van der Waals surface area contributed by atoms with Crippen LogP contribution in [0.4, 0.5) is 5.95 Å². The van der Waals surface area contributed by atoms with Crippen LogP contribution < -0.4 is 11.0 Å². The Hall–Kier alpha value is -4.37. The molecule has 9 nitrogen and oxygen atoms in total. The maximum absolute atomic E-state index is 14.0. The van der Waals surface area contributed by atoms with Gasteiger partial charge in [0.15, 0.2) is 0 Å². The molecule has 1 N–H and O–H groups in total. The second kappa shape index (κ2) is 9.67. The molecule has 9 heteroatoms. The minimum absolute atomic E-state index is 0.0564. The second-order valence-electron chi connectivity index (χ2n) is 11.1. The Labute approximate surface area is 231 Å². The number of amides is 2. The summed E-state index contributed by atoms with van der Waals surface area (Å²) in [6, 6.07) is 16.4. The van der Waals surface area contributed by atoms with Gasteiger partial charge in [-0.1, -0.05) is 42.8 Å². The summed E-state index contributed by atoms with van der Waals surface area (Å²) in [5.74, 6) is 1.17. The Kier molecular flexibility index (Phi) is 5.96. The van der Waals surface area contributed by atoms with Crippen molar-refractivity contribution in [1.82, 2.24) is 24.4 Å². The zero-order chi connectivity index (χ0) is 27.4. The van der Waals surface area contributed by atoms with E-state index in [9.17, 15) is 14.4 Å². The van der Waals surface area contributed by atoms with E-state index in [1.807, 2.05) is 37.3 Å². The number of nitrogens with zero attached hydrogens (tertiary/aromatic N) is 5. The highest BCUT2D eigenvalue weighted by molar-refractivity contribution is 6.21. The Morgan fingerprint density at radius 2 is 1.50 bits per heavy atom. The highest BCUT2D eigenvalue weighted by atomic mass is 16.2. The molecule has 202 valence electrons. The van der Waals surface area contributed by atoms with E-state index in [-0.39, 0.29) is 30.5 Å². The zero-order valence-electron chi connectivity index (χ0n) is 22.3. The molecule has 40 heavy (non-hydrogen) atoms. The topological polar surface area (TPSA) is 100 Å². The van der Waals surface area contributed by atoms with E-state index in [1.165, 1.54) is 24.2 Å². The van der Waals surface area contributed by atoms with Gasteiger partial charge in [-0.05, 0) is 60.9 Å². The van der Waals surface area contributed by atoms with Crippen LogP contribution in [0.3, 0.4) is 0 Å². The van der Waals surface area contributed by atoms with Gasteiger partial charge in [0.1, 0.15) is 5.65 Å². The van der Waals surface area contributed by atoms with Gasteiger partial charge in [0.25, 0.3) is 17.4 Å². The lowest BCUT2D eigenvalue weighted by molar-refractivity contribution is 0.0649. The molecule has 1 saturated carbocycles. The minimum atomic E-state index is -0.343. The fourth-order valence-electron chi connectivity index (χ4n) is 6.60. The molecule has 2 atom stereocenters. The van der Waals surface area contributed by atoms with Crippen LogP contribution in [0.25, 0.3) is 22.2 Å². The summed E-state index contributed by atoms with van der Waals surface area (Å²) in [7, 11) is 0. The highest BCUT2D eigenvalue weighted by Gasteiger charge is 2.37. The third-order valence-electron chi connectivity index (χ3n) is 8.67. The van der Waals surface area contributed by atoms with E-state index in [0.29, 0.717) is 45.5 Å². The third-order valence-corrected chi connectivity index (χ3v) is 8.67. The lowest BCUT2D eigenvalue weighted by Gasteiger charge is -2.20. The van der Waals surface area contributed by atoms with Crippen LogP contribution in [-0.2, 0) is 6.54 Å². The fraction of sp³-hybridized carbons (Fsp3) is 0.323. The number of benzene rings is 2. The molecule has 0 radical (unpaired) electrons. The SMILES string of the molecule is Cc1ccccc1-c1cc2cnc(NN3CC4CCCC4C3)nc2n(CCN2C(=O)c3ccccc3C2=O)c1=O. The normalized spacial score (nSPS) is 20.4. The van der Waals surface area contributed by atoms with Crippen LogP contribution in [0, 0.1) is 18.8 Å². The molecule has 2 unspecified atom stereocenters. The molecule has 2 amide bonds. The van der Waals surface area contributed by atoms with Gasteiger partial charge in [-0.3, -0.25) is 29.3 Å². The van der Waals surface area contributed by atoms with Crippen molar-refractivity contribution in [3.8, 4) is 11.1 Å². The number of nitrogens with one attached hydrogen (secondary N) is 1. The summed E-state index contributed by atoms with van der Waals surface area (Å²) in [5.41, 5.74) is 6.73. The highest BCUT2D eigenvalue weighted by Crippen LogP contribution is 2.37. The van der Waals surface area contributed by atoms with E-state index >= 15 is 0 Å². The maximum Gasteiger partial charge on any atom is 0.261 e. The average Bonchev–Trinajstić information content (AvgIpc) is 3.62. The second-order valence-corrected chi connectivity index (χ2v) is 11.1. The minimum Gasteiger partial charge on any atom is -0.290 e. The van der Waals surface area contributed by atoms with E-state index in [1.54, 1.807) is 35.0 Å². The number of pyridine rings is 1. The van der Waals surface area contributed by atoms with E-state index < -0.39 is 0 Å². The van der Waals surface area contributed by atoms with E-state index in [2.05, 4.69) is 15.4 Å². The number of anilines is 1. The zero-order valence-corrected chi connectivity index (χ0v) is 22.3. The van der Waals surface area contributed by atoms with Gasteiger partial charge in [-0.2, -0.15) is 4.98 Å². The third kappa shape index (κ3) is 4.08. The Morgan fingerprint density at radius 3 is 2.17 bits per heavy atom. The predicted octanol–water partition coefficient (Wildman–Crippen LogP) is 4.12. The molecule has 7 rings (SSSR count). The van der Waals surface area contributed by atoms with E-state index in [0.717, 1.165) is 24.2 Å². The molecule has 0 spiro atoms. The van der Waals surface area contributed by atoms with Gasteiger partial charge in [0.05, 0.1) is 11.1 Å². The molecule has 4 heterocycles. The van der Waals surface area contributed by atoms with E-state index in [4.69, 9.17) is 4.98 Å². The van der Waals surface area contributed by atoms with Crippen molar-refractivity contribution in [3.05, 3.63) is 87.8 Å². The first-order chi connectivity index (χ1) is 19.5. The van der Waals surface area contributed by atoms with Gasteiger partial charge >= 0.3 is 0 Å². The summed E-state index contributed by atoms with van der Waals surface area (Å²) in [6.07, 6.45) is 5.57. The fourth-order valence-corrected chi connectivity index (χ4v) is 6.60. The predicted molar refractivity (Wildman–Crippen MR) is 152 cm³/mol. The van der Waals surface area contributed by atoms with Gasteiger partial charge in [-0.15, -0.1) is 0 Å². The van der Waals surface area contributed by atoms with Gasteiger partial charge in [-0.25, -0.2) is 9.99 Å². The quantitative estimate of drug-likeness (QED) is 0.372. The number of imide groups is 1. The number of aromatic nitrogens is 3. The van der Waals surface area contributed by atoms with Crippen molar-refractivity contribution >= 4 is 28.8 Å². The number of fused-ring (bicyclic) bond motifs is 3. The summed E-state index contributed by atoms with van der Waals surface area (Å²) in [5, 5.41) is 2.89. The van der Waals surface area contributed by atoms with Crippen LogP contribution in [-0.4, -0.2) is 55.9 Å². The maximum atomic E-state index is 14.0. The summed E-state index contributed by atoms with van der Waals surface area (Å²) in [4.78, 5) is 50.6. The Morgan fingerprint density at radius 1 is 0.850 bits per heavy atom. The molecule has 2 aromatic heterocycles. The summed E-state index contributed by atoms with van der Waals surface area (Å²) in [6.45, 7) is 4.07. The number of rotatable bonds is 6. The molecule has 2 fully saturated rings. The molecule has 2 aromatic carbocycles. The first-order valence-electron chi connectivity index (χ1n) is 13.9. The van der Waals surface area contributed by atoms with Crippen LogP contribution in [0.5, 0.6) is 0 Å². The molecule has 1 saturated heterocycles. The van der Waals surface area contributed by atoms with Crippen molar-refractivity contribution in [1.29, 1.82) is 0 Å². The average molecular weight is 535 g/mol. The smallest absolute Gasteiger partial charge is 0.261 e. The van der Waals surface area contributed by atoms with Gasteiger partial charge in [0.2, 0.25) is 5.95 Å². The van der Waals surface area contributed by atoms with Crippen molar-refractivity contribution in [2.45, 2.75) is 32.7 Å². The Balaban J connectivity index is 1.26. The lowest BCUT2D eigenvalue weighted by atomic mass is 10.0. The van der Waals surface area contributed by atoms with Crippen LogP contribution in [0.1, 0.15) is 45.5 Å². The number of aryl methyl sites for hydroxylation is 1. The molecule has 2 aliphatic heterocycles. The van der Waals surface area contributed by atoms with Crippen molar-refractivity contribution in [3.63, 3.8) is 0 Å². The molecular weight excluding hydrogens is 504 g/mol. The summed E-state index contributed by atoms with van der Waals surface area (Å²) < 4.78 is 1.58. The van der Waals surface area contributed by atoms with Crippen molar-refractivity contribution < 1.29 is 9.59 Å². The number of carbonyl (C=O) groups is 2. The number of hydrazine groups is 1. The molecule has 0 bridgehead atoms. The van der Waals surface area contributed by atoms with Crippen molar-refractivity contribution in [2.24, 2.45) is 11.8 Å². The number of hydrogen-bond donors (Lipinski definition) is 1. The number of hydrogen-bond acceptors (Lipinski definition) is 7. The van der Waals surface area contributed by atoms with Crippen LogP contribution >= 0.6 is 0 Å². The first-order valence-corrected chi connectivity index (χ1v) is 13.9. The monoisotopic (exact) mass is 534 g/mol.